The number of hydrogen-bond acceptors (Lipinski definition) is 3. The van der Waals surface area contributed by atoms with Crippen molar-refractivity contribution in [3.05, 3.63) is 0 Å². The lowest BCUT2D eigenvalue weighted by Crippen LogP contribution is -2.44. The minimum absolute atomic E-state index is 0.00408. The van der Waals surface area contributed by atoms with Crippen LogP contribution in [0.5, 0.6) is 0 Å². The smallest absolute Gasteiger partial charge is 0.310 e. The summed E-state index contributed by atoms with van der Waals surface area (Å²) in [5.41, 5.74) is -0.891. The van der Waals surface area contributed by atoms with Gasteiger partial charge in [-0.2, -0.15) is 0 Å². The van der Waals surface area contributed by atoms with Crippen molar-refractivity contribution in [3.63, 3.8) is 0 Å². The molecule has 5 nitrogen and oxygen atoms in total. The maximum Gasteiger partial charge on any atom is 0.310 e. The van der Waals surface area contributed by atoms with Gasteiger partial charge in [-0.05, 0) is 45.7 Å². The number of carbonyl (C=O) groups excluding carboxylic acids is 1. The predicted octanol–water partition coefficient (Wildman–Crippen LogP) is 2.07. The molecule has 0 aromatic carbocycles. The van der Waals surface area contributed by atoms with Crippen molar-refractivity contribution in [1.82, 2.24) is 9.80 Å². The third-order valence-electron chi connectivity index (χ3n) is 4.89. The molecule has 1 aliphatic heterocycles. The number of likely N-dealkylation sites (tertiary alicyclic amines) is 1. The maximum atomic E-state index is 12.4. The van der Waals surface area contributed by atoms with Crippen LogP contribution in [0.4, 0.5) is 0 Å². The number of amides is 1. The molecule has 1 saturated heterocycles. The first kappa shape index (κ1) is 18.0. The Morgan fingerprint density at radius 1 is 1.19 bits per heavy atom. The highest BCUT2D eigenvalue weighted by atomic mass is 16.4. The molecule has 21 heavy (non-hydrogen) atoms. The molecule has 1 aliphatic rings. The molecule has 122 valence electrons. The Bertz CT molecular complexity index is 357. The van der Waals surface area contributed by atoms with Crippen LogP contribution in [0.2, 0.25) is 0 Å². The van der Waals surface area contributed by atoms with E-state index in [1.807, 2.05) is 18.7 Å². The van der Waals surface area contributed by atoms with Gasteiger partial charge in [-0.15, -0.1) is 0 Å². The minimum atomic E-state index is -0.891. The molecule has 1 amide bonds. The highest BCUT2D eigenvalue weighted by molar-refractivity contribution is 5.85. The highest BCUT2D eigenvalue weighted by Crippen LogP contribution is 2.32. The van der Waals surface area contributed by atoms with Gasteiger partial charge < -0.3 is 14.9 Å². The van der Waals surface area contributed by atoms with Gasteiger partial charge in [0.15, 0.2) is 0 Å². The highest BCUT2D eigenvalue weighted by Gasteiger charge is 2.38. The Morgan fingerprint density at radius 2 is 1.71 bits per heavy atom. The topological polar surface area (TPSA) is 60.9 Å². The molecule has 0 aromatic rings. The Kier molecular flexibility index (Phi) is 6.65. The molecule has 0 radical (unpaired) electrons. The van der Waals surface area contributed by atoms with Crippen molar-refractivity contribution in [1.29, 1.82) is 0 Å². The van der Waals surface area contributed by atoms with Crippen molar-refractivity contribution in [3.8, 4) is 0 Å². The van der Waals surface area contributed by atoms with Crippen LogP contribution in [-0.2, 0) is 9.59 Å². The molecule has 0 unspecified atom stereocenters. The lowest BCUT2D eigenvalue weighted by Gasteiger charge is -2.35. The molecule has 0 atom stereocenters. The Hall–Kier alpha value is -1.10. The number of carboxylic acid groups (broad SMARTS) is 1. The zero-order valence-corrected chi connectivity index (χ0v) is 13.9. The average Bonchev–Trinajstić information content (AvgIpc) is 2.44. The summed E-state index contributed by atoms with van der Waals surface area (Å²) in [6.45, 7) is 6.30. The summed E-state index contributed by atoms with van der Waals surface area (Å²) in [7, 11) is 4.14. The molecule has 5 heteroatoms. The van der Waals surface area contributed by atoms with E-state index >= 15 is 0 Å². The van der Waals surface area contributed by atoms with Crippen LogP contribution in [0.1, 0.15) is 46.0 Å². The number of piperidine rings is 1. The van der Waals surface area contributed by atoms with Gasteiger partial charge in [-0.3, -0.25) is 9.59 Å². The number of rotatable bonds is 7. The Morgan fingerprint density at radius 3 is 2.10 bits per heavy atom. The van der Waals surface area contributed by atoms with Gasteiger partial charge >= 0.3 is 5.97 Å². The number of aliphatic carboxylic acids is 1. The van der Waals surface area contributed by atoms with Gasteiger partial charge in [-0.25, -0.2) is 0 Å². The monoisotopic (exact) mass is 298 g/mol. The summed E-state index contributed by atoms with van der Waals surface area (Å²) < 4.78 is 0. The lowest BCUT2D eigenvalue weighted by atomic mass is 9.78. The molecular weight excluding hydrogens is 268 g/mol. The first-order chi connectivity index (χ1) is 9.84. The molecule has 0 aromatic heterocycles. The van der Waals surface area contributed by atoms with E-state index in [9.17, 15) is 14.7 Å². The summed E-state index contributed by atoms with van der Waals surface area (Å²) in [6.07, 6.45) is 3.17. The van der Waals surface area contributed by atoms with Crippen LogP contribution >= 0.6 is 0 Å². The summed E-state index contributed by atoms with van der Waals surface area (Å²) in [4.78, 5) is 28.0. The van der Waals surface area contributed by atoms with E-state index in [4.69, 9.17) is 0 Å². The second-order valence-electron chi connectivity index (χ2n) is 6.56. The van der Waals surface area contributed by atoms with E-state index in [2.05, 4.69) is 19.0 Å². The molecule has 1 fully saturated rings. The summed E-state index contributed by atoms with van der Waals surface area (Å²) in [5.74, 6) is -0.196. The largest absolute Gasteiger partial charge is 0.481 e. The second-order valence-corrected chi connectivity index (χ2v) is 6.56. The molecule has 0 saturated carbocycles. The quantitative estimate of drug-likeness (QED) is 0.781. The summed E-state index contributed by atoms with van der Waals surface area (Å²) in [6, 6.07) is 0. The Labute approximate surface area is 128 Å². The van der Waals surface area contributed by atoms with E-state index in [1.54, 1.807) is 0 Å². The molecule has 1 heterocycles. The van der Waals surface area contributed by atoms with E-state index in [0.717, 1.165) is 32.5 Å². The van der Waals surface area contributed by atoms with Crippen molar-refractivity contribution >= 4 is 11.9 Å². The van der Waals surface area contributed by atoms with Crippen LogP contribution in [0, 0.1) is 11.3 Å². The van der Waals surface area contributed by atoms with Crippen molar-refractivity contribution in [2.45, 2.75) is 46.0 Å². The van der Waals surface area contributed by atoms with Crippen LogP contribution in [-0.4, -0.2) is 60.5 Å². The number of carboxylic acids is 1. The first-order valence-electron chi connectivity index (χ1n) is 8.00. The summed E-state index contributed by atoms with van der Waals surface area (Å²) in [5, 5.41) is 9.44. The van der Waals surface area contributed by atoms with Crippen LogP contribution in [0.15, 0.2) is 0 Å². The second kappa shape index (κ2) is 7.78. The van der Waals surface area contributed by atoms with Crippen molar-refractivity contribution in [2.75, 3.05) is 33.7 Å². The molecule has 0 spiro atoms. The molecular formula is C16H30N2O3. The average molecular weight is 298 g/mol. The van der Waals surface area contributed by atoms with Gasteiger partial charge in [0.1, 0.15) is 0 Å². The number of hydrogen-bond donors (Lipinski definition) is 1. The molecule has 0 aliphatic carbocycles. The van der Waals surface area contributed by atoms with Crippen molar-refractivity contribution < 1.29 is 14.7 Å². The number of nitrogens with zero attached hydrogens (tertiary/aromatic N) is 2. The Balaban J connectivity index is 2.56. The lowest BCUT2D eigenvalue weighted by molar-refractivity contribution is -0.154. The SMILES string of the molecule is CCC(CC)(CC(=O)N1CCC(CN(C)C)CC1)C(=O)O. The van der Waals surface area contributed by atoms with E-state index in [-0.39, 0.29) is 12.3 Å². The minimum Gasteiger partial charge on any atom is -0.481 e. The molecule has 1 N–H and O–H groups in total. The van der Waals surface area contributed by atoms with Crippen LogP contribution in [0.3, 0.4) is 0 Å². The van der Waals surface area contributed by atoms with E-state index < -0.39 is 11.4 Å². The van der Waals surface area contributed by atoms with E-state index in [1.165, 1.54) is 0 Å². The van der Waals surface area contributed by atoms with Gasteiger partial charge in [0.2, 0.25) is 5.91 Å². The molecule has 0 bridgehead atoms. The predicted molar refractivity (Wildman–Crippen MR) is 83.1 cm³/mol. The fourth-order valence-electron chi connectivity index (χ4n) is 3.16. The van der Waals surface area contributed by atoms with E-state index in [0.29, 0.717) is 18.8 Å². The number of carbonyl (C=O) groups is 2. The normalized spacial score (nSPS) is 17.3. The van der Waals surface area contributed by atoms with Gasteiger partial charge in [-0.1, -0.05) is 13.8 Å². The van der Waals surface area contributed by atoms with Crippen LogP contribution < -0.4 is 0 Å². The zero-order valence-electron chi connectivity index (χ0n) is 13.9. The van der Waals surface area contributed by atoms with Crippen molar-refractivity contribution in [2.24, 2.45) is 11.3 Å². The third kappa shape index (κ3) is 4.70. The standard InChI is InChI=1S/C16H30N2O3/c1-5-16(6-2,15(20)21)11-14(19)18-9-7-13(8-10-18)12-17(3)4/h13H,5-12H2,1-4H3,(H,20,21). The fourth-order valence-corrected chi connectivity index (χ4v) is 3.16. The first-order valence-corrected chi connectivity index (χ1v) is 8.00. The molecule has 1 rings (SSSR count). The van der Waals surface area contributed by atoms with Crippen LogP contribution in [0.25, 0.3) is 0 Å². The summed E-state index contributed by atoms with van der Waals surface area (Å²) >= 11 is 0. The van der Waals surface area contributed by atoms with Gasteiger partial charge in [0, 0.05) is 26.1 Å². The zero-order chi connectivity index (χ0) is 16.0. The van der Waals surface area contributed by atoms with Gasteiger partial charge in [0.25, 0.3) is 0 Å². The van der Waals surface area contributed by atoms with Gasteiger partial charge in [0.05, 0.1) is 5.41 Å². The maximum absolute atomic E-state index is 12.4. The fraction of sp³-hybridized carbons (Fsp3) is 0.875. The third-order valence-corrected chi connectivity index (χ3v) is 4.89.